The number of nitrogens with zero attached hydrogens (tertiary/aromatic N) is 1. The molecule has 1 aromatic carbocycles. The first-order chi connectivity index (χ1) is 8.54. The van der Waals surface area contributed by atoms with Gasteiger partial charge in [0.15, 0.2) is 0 Å². The molecule has 0 saturated heterocycles. The van der Waals surface area contributed by atoms with Crippen LogP contribution in [0.15, 0.2) is 24.3 Å². The Morgan fingerprint density at radius 1 is 1.10 bits per heavy atom. The maximum Gasteiger partial charge on any atom is -0.412 e. The van der Waals surface area contributed by atoms with Gasteiger partial charge in [-0.1, -0.05) is 0 Å². The summed E-state index contributed by atoms with van der Waals surface area (Å²) < 4.78 is 5.93. The van der Waals surface area contributed by atoms with E-state index < -0.39 is 0 Å². The van der Waals surface area contributed by atoms with Crippen LogP contribution >= 0.6 is 0 Å². The molecule has 7 nitrogen and oxygen atoms in total. The minimum atomic E-state index is -0.330. The zero-order chi connectivity index (χ0) is 13.5. The van der Waals surface area contributed by atoms with Gasteiger partial charge in [0, 0.05) is 0 Å². The Hall–Kier alpha value is -1.42. The Balaban J connectivity index is -0.00000108. The maximum absolute atomic E-state index is 11.9. The summed E-state index contributed by atoms with van der Waals surface area (Å²) in [6.07, 6.45) is 0.298. The number of rotatable bonds is 5. The van der Waals surface area contributed by atoms with Crippen LogP contribution in [0.5, 0.6) is 0 Å². The van der Waals surface area contributed by atoms with Crippen molar-refractivity contribution in [2.24, 2.45) is 0 Å². The molecule has 0 spiro atoms. The minimum Gasteiger partial charge on any atom is -0.412 e. The van der Waals surface area contributed by atoms with E-state index >= 15 is 0 Å². The van der Waals surface area contributed by atoms with Crippen LogP contribution in [0.3, 0.4) is 0 Å². The summed E-state index contributed by atoms with van der Waals surface area (Å²) in [5, 5.41) is 0. The molecule has 21 heavy (non-hydrogen) atoms. The first-order valence-electron chi connectivity index (χ1n) is 5.78. The molecule has 0 fully saturated rings. The van der Waals surface area contributed by atoms with Crippen LogP contribution in [0.2, 0.25) is 0 Å². The second-order valence-corrected chi connectivity index (χ2v) is 5.02. The number of carbonyl (C=O) groups excluding carboxylic acids is 2. The van der Waals surface area contributed by atoms with E-state index in [0.29, 0.717) is 6.61 Å². The van der Waals surface area contributed by atoms with E-state index in [-0.39, 0.29) is 41.1 Å². The molecule has 1 amide bonds. The summed E-state index contributed by atoms with van der Waals surface area (Å²) in [4.78, 5) is 24.6. The Morgan fingerprint density at radius 2 is 1.62 bits per heavy atom. The number of carbonyl (C=O) groups is 2. The van der Waals surface area contributed by atoms with Gasteiger partial charge in [-0.25, -0.2) is 0 Å². The second-order valence-electron chi connectivity index (χ2n) is 3.80. The quantitative estimate of drug-likeness (QED) is 0.456. The first kappa shape index (κ1) is 24.6. The van der Waals surface area contributed by atoms with Crippen molar-refractivity contribution in [3.05, 3.63) is 24.3 Å². The van der Waals surface area contributed by atoms with Gasteiger partial charge in [0.2, 0.25) is 0 Å². The van der Waals surface area contributed by atoms with Crippen molar-refractivity contribution in [2.45, 2.75) is 19.8 Å². The normalized spacial score (nSPS) is 8.52. The number of anilines is 1. The third-order valence-corrected chi connectivity index (χ3v) is 3.18. The van der Waals surface area contributed by atoms with E-state index in [1.165, 1.54) is 0 Å². The summed E-state index contributed by atoms with van der Waals surface area (Å²) in [7, 11) is 1.71. The van der Waals surface area contributed by atoms with Crippen LogP contribution in [0.25, 0.3) is 0 Å². The number of ether oxygens (including phenoxy) is 1. The van der Waals surface area contributed by atoms with Crippen LogP contribution in [0.4, 0.5) is 5.69 Å². The molecule has 8 heteroatoms. The standard InChI is InChI=1S/C13H16GeNO3.3H2O/c1-3-18-13(17)9-8-12(16)15(2)11-6-4-10(14)5-7-11;;;/h4-7H,3,8-9H2,1-2H3;3*1H2. The molecule has 119 valence electrons. The molecule has 0 atom stereocenters. The molecule has 1 rings (SSSR count). The van der Waals surface area contributed by atoms with Gasteiger partial charge in [-0.2, -0.15) is 0 Å². The number of hydrogen-bond donors (Lipinski definition) is 0. The van der Waals surface area contributed by atoms with Crippen molar-refractivity contribution in [1.29, 1.82) is 0 Å². The fourth-order valence-corrected chi connectivity index (χ4v) is 1.79. The predicted octanol–water partition coefficient (Wildman–Crippen LogP) is -1.69. The molecule has 0 saturated carbocycles. The van der Waals surface area contributed by atoms with Crippen LogP contribution < -0.4 is 9.30 Å². The molecule has 1 aromatic rings. The Morgan fingerprint density at radius 3 is 2.10 bits per heavy atom. The zero-order valence-electron chi connectivity index (χ0n) is 12.1. The van der Waals surface area contributed by atoms with Crippen molar-refractivity contribution in [1.82, 2.24) is 0 Å². The average molecular weight is 361 g/mol. The number of amides is 1. The summed E-state index contributed by atoms with van der Waals surface area (Å²) in [5.74, 6) is -0.421. The average Bonchev–Trinajstić information content (AvgIpc) is 2.36. The third kappa shape index (κ3) is 8.46. The van der Waals surface area contributed by atoms with Crippen molar-refractivity contribution < 1.29 is 30.8 Å². The monoisotopic (exact) mass is 362 g/mol. The summed E-state index contributed by atoms with van der Waals surface area (Å²) in [5.41, 5.74) is 0.828. The Bertz CT molecular complexity index is 423. The smallest absolute Gasteiger partial charge is 0.412 e. The van der Waals surface area contributed by atoms with Gasteiger partial charge in [0.25, 0.3) is 0 Å². The maximum atomic E-state index is 11.9. The first-order valence-corrected chi connectivity index (χ1v) is 6.83. The van der Waals surface area contributed by atoms with E-state index in [9.17, 15) is 9.59 Å². The largest absolute Gasteiger partial charge is 0.412 e. The van der Waals surface area contributed by atoms with Gasteiger partial charge in [-0.3, -0.25) is 0 Å². The van der Waals surface area contributed by atoms with Gasteiger partial charge in [-0.05, 0) is 0 Å². The number of esters is 1. The summed E-state index contributed by atoms with van der Waals surface area (Å²) in [6.45, 7) is 2.10. The Labute approximate surface area is 132 Å². The van der Waals surface area contributed by atoms with E-state index in [1.54, 1.807) is 18.9 Å². The predicted molar refractivity (Wildman–Crippen MR) is 81.9 cm³/mol. The van der Waals surface area contributed by atoms with E-state index in [4.69, 9.17) is 4.74 Å². The minimum absolute atomic E-state index is 0. The van der Waals surface area contributed by atoms with Gasteiger partial charge in [0.1, 0.15) is 0 Å². The molecule has 3 radical (unpaired) electrons. The molecular formula is C13H22GeNO6. The Kier molecular flexibility index (Phi) is 14.4. The van der Waals surface area contributed by atoms with Crippen LogP contribution in [-0.2, 0) is 14.3 Å². The van der Waals surface area contributed by atoms with Crippen LogP contribution in [-0.4, -0.2) is 58.5 Å². The summed E-state index contributed by atoms with van der Waals surface area (Å²) in [6, 6.07) is 7.67. The van der Waals surface area contributed by atoms with E-state index in [0.717, 1.165) is 10.1 Å². The van der Waals surface area contributed by atoms with Gasteiger partial charge in [0.05, 0.1) is 0 Å². The van der Waals surface area contributed by atoms with Crippen molar-refractivity contribution in [3.63, 3.8) is 0 Å². The van der Waals surface area contributed by atoms with Crippen LogP contribution in [0, 0.1) is 0 Å². The van der Waals surface area contributed by atoms with Gasteiger partial charge in [-0.15, -0.1) is 0 Å². The van der Waals surface area contributed by atoms with Crippen molar-refractivity contribution in [2.75, 3.05) is 18.6 Å². The fraction of sp³-hybridized carbons (Fsp3) is 0.385. The van der Waals surface area contributed by atoms with Crippen molar-refractivity contribution >= 4 is 38.5 Å². The molecule has 0 bridgehead atoms. The molecule has 0 aliphatic heterocycles. The zero-order valence-corrected chi connectivity index (χ0v) is 14.2. The second kappa shape index (κ2) is 12.3. The topological polar surface area (TPSA) is 141 Å². The van der Waals surface area contributed by atoms with Crippen molar-refractivity contribution in [3.8, 4) is 0 Å². The molecule has 0 aromatic heterocycles. The van der Waals surface area contributed by atoms with E-state index in [2.05, 4.69) is 0 Å². The molecule has 0 aliphatic carbocycles. The molecular weight excluding hydrogens is 339 g/mol. The van der Waals surface area contributed by atoms with Crippen LogP contribution in [0.1, 0.15) is 19.8 Å². The summed E-state index contributed by atoms with van der Waals surface area (Å²) >= 11 is 1.99. The third-order valence-electron chi connectivity index (χ3n) is 2.48. The SMILES string of the molecule is CCOC(=O)CCC(=O)N(C)c1cc[c]([Ge])cc1.O.O.O. The molecule has 6 N–H and O–H groups in total. The molecule has 0 aliphatic rings. The number of benzene rings is 1. The molecule has 0 unspecified atom stereocenters. The number of hydrogen-bond acceptors (Lipinski definition) is 3. The van der Waals surface area contributed by atoms with E-state index in [1.807, 2.05) is 40.8 Å². The van der Waals surface area contributed by atoms with Gasteiger partial charge >= 0.3 is 115 Å². The fourth-order valence-electron chi connectivity index (χ4n) is 1.44. The van der Waals surface area contributed by atoms with Gasteiger partial charge < -0.3 is 16.4 Å². The molecule has 0 heterocycles.